The van der Waals surface area contributed by atoms with Crippen LogP contribution in [0.2, 0.25) is 0 Å². The highest BCUT2D eigenvalue weighted by Gasteiger charge is 2.38. The monoisotopic (exact) mass is 355 g/mol. The molecule has 136 valence electrons. The molecule has 2 aliphatic rings. The Kier molecular flexibility index (Phi) is 5.66. The van der Waals surface area contributed by atoms with E-state index in [2.05, 4.69) is 17.2 Å². The number of nitrogens with one attached hydrogen (secondary N) is 1. The van der Waals surface area contributed by atoms with Crippen LogP contribution in [0.25, 0.3) is 0 Å². The summed E-state index contributed by atoms with van der Waals surface area (Å²) >= 11 is 0. The van der Waals surface area contributed by atoms with Crippen LogP contribution >= 0.6 is 0 Å². The van der Waals surface area contributed by atoms with Gasteiger partial charge in [0.2, 0.25) is 11.8 Å². The van der Waals surface area contributed by atoms with Gasteiger partial charge in [0.05, 0.1) is 13.2 Å². The third kappa shape index (κ3) is 3.93. The van der Waals surface area contributed by atoms with Gasteiger partial charge in [-0.1, -0.05) is 11.8 Å². The van der Waals surface area contributed by atoms with Crippen molar-refractivity contribution in [2.45, 2.75) is 31.8 Å². The Labute approximate surface area is 151 Å². The summed E-state index contributed by atoms with van der Waals surface area (Å²) in [6, 6.07) is 4.84. The molecular formula is C19H21N3O4. The van der Waals surface area contributed by atoms with E-state index in [4.69, 9.17) is 10.5 Å². The topological polar surface area (TPSA) is 102 Å². The van der Waals surface area contributed by atoms with Crippen molar-refractivity contribution >= 4 is 17.7 Å². The first-order chi connectivity index (χ1) is 12.6. The van der Waals surface area contributed by atoms with Crippen molar-refractivity contribution < 1.29 is 19.1 Å². The van der Waals surface area contributed by atoms with Crippen LogP contribution in [0.1, 0.15) is 40.7 Å². The molecule has 0 saturated carbocycles. The quantitative estimate of drug-likeness (QED) is 0.445. The summed E-state index contributed by atoms with van der Waals surface area (Å²) in [6.45, 7) is 1.92. The molecule has 1 saturated heterocycles. The van der Waals surface area contributed by atoms with Crippen molar-refractivity contribution in [1.82, 2.24) is 10.2 Å². The maximum Gasteiger partial charge on any atom is 0.255 e. The lowest BCUT2D eigenvalue weighted by Crippen LogP contribution is -2.52. The van der Waals surface area contributed by atoms with E-state index in [1.807, 2.05) is 6.07 Å². The lowest BCUT2D eigenvalue weighted by atomic mass is 10.0. The Morgan fingerprint density at radius 3 is 2.88 bits per heavy atom. The number of amides is 3. The number of hydrogen-bond acceptors (Lipinski definition) is 5. The Bertz CT molecular complexity index is 794. The average Bonchev–Trinajstić information content (AvgIpc) is 2.94. The second-order valence-corrected chi connectivity index (χ2v) is 6.22. The minimum Gasteiger partial charge on any atom is -0.379 e. The Morgan fingerprint density at radius 1 is 1.27 bits per heavy atom. The van der Waals surface area contributed by atoms with Gasteiger partial charge in [-0.25, -0.2) is 0 Å². The number of fused-ring (bicyclic) bond motifs is 1. The molecule has 7 nitrogen and oxygen atoms in total. The van der Waals surface area contributed by atoms with Crippen molar-refractivity contribution in [3.05, 3.63) is 34.9 Å². The van der Waals surface area contributed by atoms with E-state index < -0.39 is 11.9 Å². The van der Waals surface area contributed by atoms with Gasteiger partial charge in [0.25, 0.3) is 5.91 Å². The number of nitrogens with two attached hydrogens (primary N) is 1. The summed E-state index contributed by atoms with van der Waals surface area (Å²) in [5.74, 6) is 5.23. The van der Waals surface area contributed by atoms with E-state index in [0.717, 1.165) is 11.1 Å². The van der Waals surface area contributed by atoms with Crippen LogP contribution in [0.4, 0.5) is 0 Å². The largest absolute Gasteiger partial charge is 0.379 e. The molecular weight excluding hydrogens is 334 g/mol. The molecule has 1 aromatic carbocycles. The van der Waals surface area contributed by atoms with Gasteiger partial charge in [0, 0.05) is 37.1 Å². The zero-order valence-corrected chi connectivity index (χ0v) is 14.4. The molecule has 0 radical (unpaired) electrons. The molecule has 1 fully saturated rings. The average molecular weight is 355 g/mol. The number of carbonyl (C=O) groups excluding carboxylic acids is 3. The van der Waals surface area contributed by atoms with E-state index in [1.165, 1.54) is 4.90 Å². The molecule has 3 rings (SSSR count). The van der Waals surface area contributed by atoms with Crippen LogP contribution in [0.3, 0.4) is 0 Å². The molecule has 1 unspecified atom stereocenters. The van der Waals surface area contributed by atoms with Crippen LogP contribution in [0.15, 0.2) is 18.2 Å². The highest BCUT2D eigenvalue weighted by molar-refractivity contribution is 6.05. The first kappa shape index (κ1) is 18.1. The number of benzene rings is 1. The SMILES string of the molecule is NCCOCCC#Cc1ccc2c(c1)CN(C1CCC(=O)NC1=O)C2=O. The number of nitrogens with zero attached hydrogens (tertiary/aromatic N) is 1. The maximum atomic E-state index is 12.6. The maximum absolute atomic E-state index is 12.6. The molecule has 2 heterocycles. The molecule has 26 heavy (non-hydrogen) atoms. The Hall–Kier alpha value is -2.69. The summed E-state index contributed by atoms with van der Waals surface area (Å²) < 4.78 is 5.27. The number of ether oxygens (including phenoxy) is 1. The molecule has 2 aliphatic heterocycles. The minimum atomic E-state index is -0.596. The number of carbonyl (C=O) groups is 3. The van der Waals surface area contributed by atoms with E-state index >= 15 is 0 Å². The lowest BCUT2D eigenvalue weighted by Gasteiger charge is -2.29. The van der Waals surface area contributed by atoms with Gasteiger partial charge in [-0.2, -0.15) is 0 Å². The summed E-state index contributed by atoms with van der Waals surface area (Å²) in [6.07, 6.45) is 1.22. The minimum absolute atomic E-state index is 0.177. The van der Waals surface area contributed by atoms with Gasteiger partial charge in [-0.3, -0.25) is 19.7 Å². The third-order valence-electron chi connectivity index (χ3n) is 4.39. The molecule has 0 aliphatic carbocycles. The van der Waals surface area contributed by atoms with Crippen LogP contribution in [0.5, 0.6) is 0 Å². The van der Waals surface area contributed by atoms with Crippen molar-refractivity contribution in [3.63, 3.8) is 0 Å². The molecule has 0 aromatic heterocycles. The molecule has 1 atom stereocenters. The zero-order chi connectivity index (χ0) is 18.5. The second-order valence-electron chi connectivity index (χ2n) is 6.22. The van der Waals surface area contributed by atoms with Crippen molar-refractivity contribution in [1.29, 1.82) is 0 Å². The van der Waals surface area contributed by atoms with Gasteiger partial charge >= 0.3 is 0 Å². The van der Waals surface area contributed by atoms with Crippen LogP contribution in [-0.4, -0.2) is 48.4 Å². The van der Waals surface area contributed by atoms with Crippen LogP contribution in [-0.2, 0) is 20.9 Å². The summed E-state index contributed by atoms with van der Waals surface area (Å²) in [4.78, 5) is 37.5. The summed E-state index contributed by atoms with van der Waals surface area (Å²) in [7, 11) is 0. The van der Waals surface area contributed by atoms with Crippen molar-refractivity contribution in [2.24, 2.45) is 5.73 Å². The highest BCUT2D eigenvalue weighted by atomic mass is 16.5. The second kappa shape index (κ2) is 8.13. The molecule has 0 spiro atoms. The fourth-order valence-corrected chi connectivity index (χ4v) is 3.13. The van der Waals surface area contributed by atoms with Gasteiger partial charge < -0.3 is 15.4 Å². The molecule has 7 heteroatoms. The van der Waals surface area contributed by atoms with Gasteiger partial charge in [0.15, 0.2) is 0 Å². The smallest absolute Gasteiger partial charge is 0.255 e. The van der Waals surface area contributed by atoms with Crippen molar-refractivity contribution in [2.75, 3.05) is 19.8 Å². The zero-order valence-electron chi connectivity index (χ0n) is 14.4. The molecule has 3 N–H and O–H groups in total. The first-order valence-electron chi connectivity index (χ1n) is 8.64. The lowest BCUT2D eigenvalue weighted by molar-refractivity contribution is -0.136. The molecule has 0 bridgehead atoms. The van der Waals surface area contributed by atoms with Gasteiger partial charge in [0.1, 0.15) is 6.04 Å². The number of hydrogen-bond donors (Lipinski definition) is 2. The van der Waals surface area contributed by atoms with E-state index in [0.29, 0.717) is 44.7 Å². The van der Waals surface area contributed by atoms with Gasteiger partial charge in [-0.05, 0) is 30.2 Å². The predicted octanol–water partition coefficient (Wildman–Crippen LogP) is 0.165. The van der Waals surface area contributed by atoms with Gasteiger partial charge in [-0.15, -0.1) is 0 Å². The summed E-state index contributed by atoms with van der Waals surface area (Å²) in [5.41, 5.74) is 7.61. The molecule has 3 amide bonds. The predicted molar refractivity (Wildman–Crippen MR) is 93.9 cm³/mol. The van der Waals surface area contributed by atoms with Crippen LogP contribution in [0, 0.1) is 11.8 Å². The first-order valence-corrected chi connectivity index (χ1v) is 8.64. The Morgan fingerprint density at radius 2 is 2.12 bits per heavy atom. The third-order valence-corrected chi connectivity index (χ3v) is 4.39. The normalized spacial score (nSPS) is 19.0. The number of piperidine rings is 1. The number of imide groups is 1. The Balaban J connectivity index is 1.66. The highest BCUT2D eigenvalue weighted by Crippen LogP contribution is 2.28. The fourth-order valence-electron chi connectivity index (χ4n) is 3.13. The fraction of sp³-hybridized carbons (Fsp3) is 0.421. The van der Waals surface area contributed by atoms with E-state index in [1.54, 1.807) is 12.1 Å². The van der Waals surface area contributed by atoms with E-state index in [-0.39, 0.29) is 18.2 Å². The van der Waals surface area contributed by atoms with Crippen molar-refractivity contribution in [3.8, 4) is 11.8 Å². The van der Waals surface area contributed by atoms with E-state index in [9.17, 15) is 14.4 Å². The molecule has 1 aromatic rings. The van der Waals surface area contributed by atoms with Crippen LogP contribution < -0.4 is 11.1 Å². The number of rotatable bonds is 5. The summed E-state index contributed by atoms with van der Waals surface area (Å²) in [5, 5.41) is 2.30. The standard InChI is InChI=1S/C19H21N3O4/c20-8-10-26-9-2-1-3-13-4-5-15-14(11-13)12-22(19(15)25)16-6-7-17(23)21-18(16)24/h4-5,11,16H,2,6-10,12,20H2,(H,21,23,24).